The van der Waals surface area contributed by atoms with E-state index in [0.29, 0.717) is 30.7 Å². The second kappa shape index (κ2) is 9.11. The molecule has 1 amide bonds. The van der Waals surface area contributed by atoms with Crippen LogP contribution < -0.4 is 20.4 Å². The number of amides is 1. The molecule has 1 atom stereocenters. The minimum Gasteiger partial charge on any atom is -0.497 e. The molecule has 0 radical (unpaired) electrons. The Labute approximate surface area is 174 Å². The normalized spacial score (nSPS) is 15.6. The Bertz CT molecular complexity index is 1070. The van der Waals surface area contributed by atoms with E-state index in [1.165, 1.54) is 11.2 Å². The summed E-state index contributed by atoms with van der Waals surface area (Å²) in [6, 6.07) is 14.8. The molecular formula is C23H25N2O5+. The van der Waals surface area contributed by atoms with Gasteiger partial charge in [0, 0.05) is 5.56 Å². The summed E-state index contributed by atoms with van der Waals surface area (Å²) in [7, 11) is 1.63. The van der Waals surface area contributed by atoms with Crippen molar-refractivity contribution < 1.29 is 23.6 Å². The Morgan fingerprint density at radius 1 is 1.13 bits per heavy atom. The number of quaternary nitrogens is 1. The Balaban J connectivity index is 1.55. The van der Waals surface area contributed by atoms with Gasteiger partial charge in [-0.25, -0.2) is 0 Å². The molecule has 0 aliphatic carbocycles. The summed E-state index contributed by atoms with van der Waals surface area (Å²) >= 11 is 0. The van der Waals surface area contributed by atoms with E-state index >= 15 is 0 Å². The molecule has 1 fully saturated rings. The molecule has 2 heterocycles. The van der Waals surface area contributed by atoms with Crippen molar-refractivity contribution in [1.29, 1.82) is 0 Å². The molecule has 1 aromatic heterocycles. The molecule has 1 saturated heterocycles. The number of ether oxygens (including phenoxy) is 2. The van der Waals surface area contributed by atoms with Gasteiger partial charge in [-0.05, 0) is 36.4 Å². The van der Waals surface area contributed by atoms with Crippen LogP contribution in [0.2, 0.25) is 0 Å². The lowest BCUT2D eigenvalue weighted by Crippen LogP contribution is -3.15. The van der Waals surface area contributed by atoms with Crippen molar-refractivity contribution in [2.45, 2.75) is 6.04 Å². The topological polar surface area (TPSA) is 82.2 Å². The first-order valence-corrected chi connectivity index (χ1v) is 10.0. The first-order valence-electron chi connectivity index (χ1n) is 10.0. The highest BCUT2D eigenvalue weighted by Gasteiger charge is 2.27. The Morgan fingerprint density at radius 2 is 1.87 bits per heavy atom. The number of rotatable bonds is 6. The third-order valence-electron chi connectivity index (χ3n) is 5.54. The molecule has 2 aromatic carbocycles. The van der Waals surface area contributed by atoms with Crippen LogP contribution in [-0.2, 0) is 4.74 Å². The van der Waals surface area contributed by atoms with E-state index in [1.807, 2.05) is 24.3 Å². The highest BCUT2D eigenvalue weighted by Crippen LogP contribution is 2.16. The van der Waals surface area contributed by atoms with Gasteiger partial charge in [0.05, 0.1) is 32.3 Å². The van der Waals surface area contributed by atoms with Crippen molar-refractivity contribution >= 4 is 16.9 Å². The monoisotopic (exact) mass is 409 g/mol. The van der Waals surface area contributed by atoms with Crippen molar-refractivity contribution in [3.63, 3.8) is 0 Å². The quantitative estimate of drug-likeness (QED) is 0.639. The number of fused-ring (bicyclic) bond motifs is 1. The highest BCUT2D eigenvalue weighted by atomic mass is 16.5. The lowest BCUT2D eigenvalue weighted by atomic mass is 10.0. The smallest absolute Gasteiger partial charge is 0.258 e. The van der Waals surface area contributed by atoms with Gasteiger partial charge in [0.2, 0.25) is 5.43 Å². The van der Waals surface area contributed by atoms with E-state index < -0.39 is 5.91 Å². The van der Waals surface area contributed by atoms with E-state index in [9.17, 15) is 9.59 Å². The summed E-state index contributed by atoms with van der Waals surface area (Å²) in [5.41, 5.74) is 1.25. The Kier molecular flexibility index (Phi) is 6.11. The maximum absolute atomic E-state index is 12.8. The standard InChI is InChI=1S/C23H24N2O5/c1-28-17-8-6-16(7-9-17)20(25-10-12-29-13-11-25)14-24-23(27)19-15-30-21-5-3-2-4-18(21)22(19)26/h2-9,15,20H,10-14H2,1H3,(H,24,27)/p+1/t20-/m1/s1. The fourth-order valence-electron chi connectivity index (χ4n) is 3.84. The third-order valence-corrected chi connectivity index (χ3v) is 5.54. The first-order chi connectivity index (χ1) is 14.7. The number of hydrogen-bond donors (Lipinski definition) is 2. The van der Waals surface area contributed by atoms with Gasteiger partial charge in [-0.3, -0.25) is 9.59 Å². The lowest BCUT2D eigenvalue weighted by molar-refractivity contribution is -0.937. The van der Waals surface area contributed by atoms with Crippen LogP contribution in [0.3, 0.4) is 0 Å². The van der Waals surface area contributed by atoms with Gasteiger partial charge in [0.15, 0.2) is 0 Å². The zero-order chi connectivity index (χ0) is 20.9. The number of para-hydroxylation sites is 1. The predicted octanol–water partition coefficient (Wildman–Crippen LogP) is 1.19. The molecule has 3 aromatic rings. The molecule has 7 heteroatoms. The molecule has 0 bridgehead atoms. The first kappa shape index (κ1) is 20.1. The van der Waals surface area contributed by atoms with Crippen molar-refractivity contribution in [2.75, 3.05) is 40.0 Å². The SMILES string of the molecule is COc1ccc([C@@H](CNC(=O)c2coc3ccccc3c2=O)[NH+]2CCOCC2)cc1. The number of carbonyl (C=O) groups is 1. The fourth-order valence-corrected chi connectivity index (χ4v) is 3.84. The minimum absolute atomic E-state index is 0.0131. The van der Waals surface area contributed by atoms with E-state index in [-0.39, 0.29) is 17.0 Å². The lowest BCUT2D eigenvalue weighted by Gasteiger charge is -2.32. The number of hydrogen-bond acceptors (Lipinski definition) is 5. The summed E-state index contributed by atoms with van der Waals surface area (Å²) in [5.74, 6) is 0.355. The maximum atomic E-state index is 12.8. The summed E-state index contributed by atoms with van der Waals surface area (Å²) in [6.45, 7) is 3.47. The second-order valence-electron chi connectivity index (χ2n) is 7.28. The number of benzene rings is 2. The van der Waals surface area contributed by atoms with Crippen LogP contribution in [0.25, 0.3) is 11.0 Å². The fraction of sp³-hybridized carbons (Fsp3) is 0.304. The summed E-state index contributed by atoms with van der Waals surface area (Å²) in [5, 5.41) is 3.34. The molecule has 0 saturated carbocycles. The maximum Gasteiger partial charge on any atom is 0.258 e. The molecule has 4 rings (SSSR count). The molecule has 2 N–H and O–H groups in total. The van der Waals surface area contributed by atoms with Gasteiger partial charge in [-0.2, -0.15) is 0 Å². The molecule has 0 unspecified atom stereocenters. The van der Waals surface area contributed by atoms with Crippen LogP contribution >= 0.6 is 0 Å². The molecule has 30 heavy (non-hydrogen) atoms. The van der Waals surface area contributed by atoms with Crippen LogP contribution in [0.1, 0.15) is 22.0 Å². The number of methoxy groups -OCH3 is 1. The van der Waals surface area contributed by atoms with E-state index in [4.69, 9.17) is 13.9 Å². The molecule has 1 aliphatic heterocycles. The molecule has 0 spiro atoms. The van der Waals surface area contributed by atoms with Gasteiger partial charge in [0.25, 0.3) is 5.91 Å². The highest BCUT2D eigenvalue weighted by molar-refractivity contribution is 5.96. The average Bonchev–Trinajstić information content (AvgIpc) is 2.80. The van der Waals surface area contributed by atoms with Gasteiger partial charge < -0.3 is 24.1 Å². The predicted molar refractivity (Wildman–Crippen MR) is 112 cm³/mol. The minimum atomic E-state index is -0.430. The van der Waals surface area contributed by atoms with Crippen LogP contribution in [0.5, 0.6) is 5.75 Å². The zero-order valence-electron chi connectivity index (χ0n) is 16.9. The van der Waals surface area contributed by atoms with Crippen LogP contribution in [0.15, 0.2) is 64.0 Å². The summed E-state index contributed by atoms with van der Waals surface area (Å²) in [6.07, 6.45) is 1.24. The van der Waals surface area contributed by atoms with Gasteiger partial charge in [-0.15, -0.1) is 0 Å². The van der Waals surface area contributed by atoms with Crippen molar-refractivity contribution in [2.24, 2.45) is 0 Å². The van der Waals surface area contributed by atoms with Crippen molar-refractivity contribution in [1.82, 2.24) is 5.32 Å². The molecule has 1 aliphatic rings. The van der Waals surface area contributed by atoms with Crippen molar-refractivity contribution in [3.8, 4) is 5.75 Å². The van der Waals surface area contributed by atoms with Crippen LogP contribution in [0, 0.1) is 0 Å². The second-order valence-corrected chi connectivity index (χ2v) is 7.28. The average molecular weight is 409 g/mol. The Hall–Kier alpha value is -3.16. The van der Waals surface area contributed by atoms with Gasteiger partial charge >= 0.3 is 0 Å². The molecular weight excluding hydrogens is 384 g/mol. The Morgan fingerprint density at radius 3 is 2.60 bits per heavy atom. The number of morpholine rings is 1. The summed E-state index contributed by atoms with van der Waals surface area (Å²) < 4.78 is 16.2. The number of carbonyl (C=O) groups excluding carboxylic acids is 1. The third kappa shape index (κ3) is 4.22. The molecule has 7 nitrogen and oxygen atoms in total. The van der Waals surface area contributed by atoms with Gasteiger partial charge in [0.1, 0.15) is 42.3 Å². The van der Waals surface area contributed by atoms with E-state index in [0.717, 1.165) is 24.4 Å². The largest absolute Gasteiger partial charge is 0.497 e. The van der Waals surface area contributed by atoms with E-state index in [2.05, 4.69) is 5.32 Å². The van der Waals surface area contributed by atoms with E-state index in [1.54, 1.807) is 31.4 Å². The zero-order valence-corrected chi connectivity index (χ0v) is 16.9. The van der Waals surface area contributed by atoms with Crippen LogP contribution in [-0.4, -0.2) is 45.9 Å². The van der Waals surface area contributed by atoms with Crippen LogP contribution in [0.4, 0.5) is 0 Å². The van der Waals surface area contributed by atoms with Crippen molar-refractivity contribution in [3.05, 3.63) is 76.1 Å². The van der Waals surface area contributed by atoms with Gasteiger partial charge in [-0.1, -0.05) is 12.1 Å². The summed E-state index contributed by atoms with van der Waals surface area (Å²) in [4.78, 5) is 26.8. The number of nitrogens with one attached hydrogen (secondary N) is 2. The molecule has 156 valence electrons.